The fourth-order valence-electron chi connectivity index (χ4n) is 2.46. The second-order valence-corrected chi connectivity index (χ2v) is 5.99. The SMILES string of the molecule is CN=C(NCCC1=CCOCC1)NCCc1ccn(C(C)C)n1. The number of rotatable bonds is 7. The lowest BCUT2D eigenvalue weighted by Crippen LogP contribution is -2.39. The number of hydrogen-bond acceptors (Lipinski definition) is 3. The van der Waals surface area contributed by atoms with Gasteiger partial charge in [-0.05, 0) is 32.8 Å². The summed E-state index contributed by atoms with van der Waals surface area (Å²) in [5.41, 5.74) is 2.58. The van der Waals surface area contributed by atoms with E-state index in [1.54, 1.807) is 7.05 Å². The largest absolute Gasteiger partial charge is 0.377 e. The van der Waals surface area contributed by atoms with Crippen LogP contribution in [0.25, 0.3) is 0 Å². The van der Waals surface area contributed by atoms with Crippen molar-refractivity contribution in [3.05, 3.63) is 29.6 Å². The summed E-state index contributed by atoms with van der Waals surface area (Å²) in [6.45, 7) is 7.59. The predicted octanol–water partition coefficient (Wildman–Crippen LogP) is 1.91. The van der Waals surface area contributed by atoms with Crippen LogP contribution in [0, 0.1) is 0 Å². The fourth-order valence-corrected chi connectivity index (χ4v) is 2.46. The molecule has 23 heavy (non-hydrogen) atoms. The van der Waals surface area contributed by atoms with Gasteiger partial charge in [0.05, 0.1) is 18.9 Å². The maximum atomic E-state index is 5.32. The Morgan fingerprint density at radius 2 is 2.13 bits per heavy atom. The zero-order chi connectivity index (χ0) is 16.5. The molecule has 2 heterocycles. The van der Waals surface area contributed by atoms with E-state index in [0.717, 1.165) is 57.2 Å². The summed E-state index contributed by atoms with van der Waals surface area (Å²) in [6.07, 6.45) is 7.21. The molecular formula is C17H29N5O. The van der Waals surface area contributed by atoms with Gasteiger partial charge in [0.25, 0.3) is 0 Å². The van der Waals surface area contributed by atoms with Gasteiger partial charge in [-0.15, -0.1) is 0 Å². The van der Waals surface area contributed by atoms with Crippen molar-refractivity contribution < 1.29 is 4.74 Å². The number of nitrogens with zero attached hydrogens (tertiary/aromatic N) is 3. The number of nitrogens with one attached hydrogen (secondary N) is 2. The first-order valence-corrected chi connectivity index (χ1v) is 8.43. The Morgan fingerprint density at radius 1 is 1.35 bits per heavy atom. The van der Waals surface area contributed by atoms with Crippen LogP contribution in [-0.2, 0) is 11.2 Å². The van der Waals surface area contributed by atoms with Gasteiger partial charge in [0, 0.05) is 38.8 Å². The lowest BCUT2D eigenvalue weighted by Gasteiger charge is -2.15. The Bertz CT molecular complexity index is 533. The van der Waals surface area contributed by atoms with Gasteiger partial charge in [-0.1, -0.05) is 11.6 Å². The molecule has 0 fully saturated rings. The second-order valence-electron chi connectivity index (χ2n) is 5.99. The maximum absolute atomic E-state index is 5.32. The molecule has 0 bridgehead atoms. The second kappa shape index (κ2) is 9.35. The van der Waals surface area contributed by atoms with Crippen LogP contribution in [0.5, 0.6) is 0 Å². The van der Waals surface area contributed by atoms with Crippen molar-refractivity contribution in [1.29, 1.82) is 0 Å². The highest BCUT2D eigenvalue weighted by molar-refractivity contribution is 5.79. The van der Waals surface area contributed by atoms with Gasteiger partial charge >= 0.3 is 0 Å². The topological polar surface area (TPSA) is 63.5 Å². The van der Waals surface area contributed by atoms with E-state index in [9.17, 15) is 0 Å². The first-order valence-electron chi connectivity index (χ1n) is 8.43. The molecule has 0 aliphatic carbocycles. The van der Waals surface area contributed by atoms with Crippen molar-refractivity contribution in [1.82, 2.24) is 20.4 Å². The first-order chi connectivity index (χ1) is 11.2. The van der Waals surface area contributed by atoms with E-state index >= 15 is 0 Å². The Morgan fingerprint density at radius 3 is 2.74 bits per heavy atom. The quantitative estimate of drug-likeness (QED) is 0.458. The van der Waals surface area contributed by atoms with Gasteiger partial charge in [-0.2, -0.15) is 5.10 Å². The van der Waals surface area contributed by atoms with E-state index in [4.69, 9.17) is 4.74 Å². The molecule has 2 N–H and O–H groups in total. The van der Waals surface area contributed by atoms with E-state index in [1.807, 2.05) is 10.9 Å². The molecule has 0 atom stereocenters. The van der Waals surface area contributed by atoms with Crippen LogP contribution in [0.4, 0.5) is 0 Å². The minimum atomic E-state index is 0.408. The number of ether oxygens (including phenoxy) is 1. The molecule has 1 aliphatic heterocycles. The van der Waals surface area contributed by atoms with Crippen molar-refractivity contribution in [2.75, 3.05) is 33.4 Å². The molecule has 6 nitrogen and oxygen atoms in total. The van der Waals surface area contributed by atoms with E-state index < -0.39 is 0 Å². The molecule has 0 spiro atoms. The molecular weight excluding hydrogens is 290 g/mol. The third-order valence-electron chi connectivity index (χ3n) is 3.89. The van der Waals surface area contributed by atoms with Crippen molar-refractivity contribution in [3.63, 3.8) is 0 Å². The molecule has 1 aromatic heterocycles. The number of aromatic nitrogens is 2. The molecule has 128 valence electrons. The van der Waals surface area contributed by atoms with Crippen LogP contribution < -0.4 is 10.6 Å². The predicted molar refractivity (Wildman–Crippen MR) is 93.8 cm³/mol. The Labute approximate surface area is 139 Å². The Kier molecular flexibility index (Phi) is 7.13. The van der Waals surface area contributed by atoms with Crippen LogP contribution in [-0.4, -0.2) is 49.1 Å². The first kappa shape index (κ1) is 17.5. The summed E-state index contributed by atoms with van der Waals surface area (Å²) in [5.74, 6) is 0.848. The lowest BCUT2D eigenvalue weighted by molar-refractivity contribution is 0.153. The van der Waals surface area contributed by atoms with Gasteiger partial charge in [0.1, 0.15) is 0 Å². The van der Waals surface area contributed by atoms with Crippen molar-refractivity contribution >= 4 is 5.96 Å². The number of hydrogen-bond donors (Lipinski definition) is 2. The summed E-state index contributed by atoms with van der Waals surface area (Å²) in [6, 6.07) is 2.49. The monoisotopic (exact) mass is 319 g/mol. The van der Waals surface area contributed by atoms with E-state index in [-0.39, 0.29) is 0 Å². The highest BCUT2D eigenvalue weighted by Gasteiger charge is 2.05. The fraction of sp³-hybridized carbons (Fsp3) is 0.647. The summed E-state index contributed by atoms with van der Waals surface area (Å²) in [4.78, 5) is 4.26. The molecule has 0 aromatic carbocycles. The summed E-state index contributed by atoms with van der Waals surface area (Å²) < 4.78 is 7.31. The molecule has 0 unspecified atom stereocenters. The number of guanidine groups is 1. The van der Waals surface area contributed by atoms with Gasteiger partial charge < -0.3 is 15.4 Å². The molecule has 0 amide bonds. The maximum Gasteiger partial charge on any atom is 0.190 e. The highest BCUT2D eigenvalue weighted by atomic mass is 16.5. The van der Waals surface area contributed by atoms with Gasteiger partial charge in [0.15, 0.2) is 5.96 Å². The van der Waals surface area contributed by atoms with Crippen molar-refractivity contribution in [3.8, 4) is 0 Å². The van der Waals surface area contributed by atoms with Crippen LogP contribution in [0.15, 0.2) is 28.9 Å². The zero-order valence-corrected chi connectivity index (χ0v) is 14.5. The summed E-state index contributed by atoms with van der Waals surface area (Å²) >= 11 is 0. The van der Waals surface area contributed by atoms with Gasteiger partial charge in [-0.3, -0.25) is 9.67 Å². The van der Waals surface area contributed by atoms with Crippen LogP contribution in [0.1, 0.15) is 38.4 Å². The van der Waals surface area contributed by atoms with Crippen LogP contribution in [0.2, 0.25) is 0 Å². The normalized spacial score (nSPS) is 15.7. The van der Waals surface area contributed by atoms with Gasteiger partial charge in [0.2, 0.25) is 0 Å². The molecule has 1 aliphatic rings. The third-order valence-corrected chi connectivity index (χ3v) is 3.89. The third kappa shape index (κ3) is 6.06. The Hall–Kier alpha value is -1.82. The minimum absolute atomic E-state index is 0.408. The molecule has 0 saturated carbocycles. The van der Waals surface area contributed by atoms with Crippen LogP contribution in [0.3, 0.4) is 0 Å². The summed E-state index contributed by atoms with van der Waals surface area (Å²) in [7, 11) is 1.80. The van der Waals surface area contributed by atoms with E-state index in [1.165, 1.54) is 5.57 Å². The Balaban J connectivity index is 1.65. The smallest absolute Gasteiger partial charge is 0.190 e. The minimum Gasteiger partial charge on any atom is -0.377 e. The molecule has 1 aromatic rings. The molecule has 2 rings (SSSR count). The zero-order valence-electron chi connectivity index (χ0n) is 14.5. The van der Waals surface area contributed by atoms with E-state index in [2.05, 4.69) is 46.7 Å². The van der Waals surface area contributed by atoms with Crippen LogP contribution >= 0.6 is 0 Å². The molecule has 0 saturated heterocycles. The van der Waals surface area contributed by atoms with Crippen molar-refractivity contribution in [2.45, 2.75) is 39.2 Å². The summed E-state index contributed by atoms with van der Waals surface area (Å²) in [5, 5.41) is 11.3. The average molecular weight is 319 g/mol. The number of aliphatic imine (C=N–C) groups is 1. The lowest BCUT2D eigenvalue weighted by atomic mass is 10.1. The van der Waals surface area contributed by atoms with E-state index in [0.29, 0.717) is 6.04 Å². The van der Waals surface area contributed by atoms with Crippen molar-refractivity contribution in [2.24, 2.45) is 4.99 Å². The standard InChI is InChI=1S/C17H29N5O/c1-14(2)22-11-6-16(21-22)5-10-20-17(18-3)19-9-4-15-7-12-23-13-8-15/h6-7,11,14H,4-5,8-10,12-13H2,1-3H3,(H2,18,19,20). The molecule has 6 heteroatoms. The average Bonchev–Trinajstić information content (AvgIpc) is 3.03. The van der Waals surface area contributed by atoms with Gasteiger partial charge in [-0.25, -0.2) is 0 Å². The molecule has 0 radical (unpaired) electrons. The highest BCUT2D eigenvalue weighted by Crippen LogP contribution is 2.10.